The summed E-state index contributed by atoms with van der Waals surface area (Å²) < 4.78 is 20.2. The summed E-state index contributed by atoms with van der Waals surface area (Å²) in [6.07, 6.45) is -2.05. The zero-order valence-corrected chi connectivity index (χ0v) is 3.49. The Bertz CT molecular complexity index is 68.2. The minimum atomic E-state index is -1.40. The standard InChI is InChI=1S/C4H10O/c1-3-4(2)5/h4-5H,3H2,1-2H3/i3T2,5T. The van der Waals surface area contributed by atoms with Crippen molar-refractivity contribution < 1.29 is 7.85 Å². The molecule has 1 nitrogen and oxygen atoms in total. The molecule has 0 heterocycles. The summed E-state index contributed by atoms with van der Waals surface area (Å²) >= 11 is 0. The first-order valence-electron chi connectivity index (χ1n) is 3.01. The Hall–Kier alpha value is -0.0400. The molecule has 0 aliphatic carbocycles. The topological polar surface area (TPSA) is 20.2 Å². The van der Waals surface area contributed by atoms with Crippen molar-refractivity contribution in [3.05, 3.63) is 0 Å². The third-order valence-electron chi connectivity index (χ3n) is 0.407. The predicted molar refractivity (Wildman–Crippen MR) is 22.0 cm³/mol. The summed E-state index contributed by atoms with van der Waals surface area (Å²) in [6.45, 7) is 2.90. The zero-order valence-electron chi connectivity index (χ0n) is 6.49. The molecule has 1 heteroatoms. The van der Waals surface area contributed by atoms with Gasteiger partial charge in [-0.1, -0.05) is 6.92 Å². The SMILES string of the molecule is [3H]OC(C)C([3H])([3H])C. The Labute approximate surface area is 36.9 Å². The fraction of sp³-hybridized carbons (Fsp3) is 1.00. The fourth-order valence-corrected chi connectivity index (χ4v) is 0. The lowest BCUT2D eigenvalue weighted by atomic mass is 10.3. The van der Waals surface area contributed by atoms with Crippen molar-refractivity contribution in [2.45, 2.75) is 26.3 Å². The van der Waals surface area contributed by atoms with Gasteiger partial charge in [0.25, 0.3) is 0 Å². The monoisotopic (exact) mass is 80.1 g/mol. The van der Waals surface area contributed by atoms with Gasteiger partial charge in [-0.05, 0) is 13.3 Å². The highest BCUT2D eigenvalue weighted by Crippen LogP contribution is 1.81. The van der Waals surface area contributed by atoms with E-state index >= 15 is 0 Å². The molecule has 0 spiro atoms. The molecule has 1 N–H and O–H groups in total. The van der Waals surface area contributed by atoms with E-state index in [0.29, 0.717) is 0 Å². The molecule has 0 saturated carbocycles. The van der Waals surface area contributed by atoms with Crippen LogP contribution in [0, 0.1) is 0 Å². The maximum Gasteiger partial charge on any atom is 0.210 e. The van der Waals surface area contributed by atoms with E-state index < -0.39 is 12.5 Å². The highest BCUT2D eigenvalue weighted by molar-refractivity contribution is 4.34. The first-order chi connectivity index (χ1) is 3.48. The average Bonchev–Trinajstić information content (AvgIpc) is 1.62. The first kappa shape index (κ1) is 1.61. The van der Waals surface area contributed by atoms with Crippen LogP contribution in [0.15, 0.2) is 0 Å². The molecule has 1 unspecified atom stereocenters. The highest BCUT2D eigenvalue weighted by Gasteiger charge is 1.81. The van der Waals surface area contributed by atoms with Crippen LogP contribution in [0.4, 0.5) is 0 Å². The summed E-state index contributed by atoms with van der Waals surface area (Å²) in [5, 5.41) is 3.99. The fourth-order valence-electron chi connectivity index (χ4n) is 0. The summed E-state index contributed by atoms with van der Waals surface area (Å²) in [7, 11) is 0. The van der Waals surface area contributed by atoms with Crippen LogP contribution in [-0.2, 0) is 0 Å². The van der Waals surface area contributed by atoms with Crippen LogP contribution in [0.1, 0.15) is 23.0 Å². The third kappa shape index (κ3) is 3.96. The van der Waals surface area contributed by atoms with Gasteiger partial charge in [0, 0.05) is 2.74 Å². The Kier molecular flexibility index (Phi) is 0.711. The predicted octanol–water partition coefficient (Wildman–Crippen LogP) is 0.777. The van der Waals surface area contributed by atoms with Crippen LogP contribution in [0.5, 0.6) is 0 Å². The van der Waals surface area contributed by atoms with Crippen molar-refractivity contribution in [1.29, 1.82) is 1.43 Å². The third-order valence-corrected chi connectivity index (χ3v) is 0.407. The minimum absolute atomic E-state index is 0.650. The van der Waals surface area contributed by atoms with E-state index in [-0.39, 0.29) is 0 Å². The van der Waals surface area contributed by atoms with Gasteiger partial charge in [0.1, 0.15) is 0 Å². The van der Waals surface area contributed by atoms with Crippen LogP contribution < -0.4 is 0 Å². The van der Waals surface area contributed by atoms with Gasteiger partial charge in [0.2, 0.25) is 1.43 Å². The van der Waals surface area contributed by atoms with E-state index in [1.54, 1.807) is 0 Å². The second-order valence-electron chi connectivity index (χ2n) is 0.931. The smallest absolute Gasteiger partial charge is 0.210 e. The van der Waals surface area contributed by atoms with Crippen LogP contribution in [0.25, 0.3) is 0 Å². The van der Waals surface area contributed by atoms with Crippen LogP contribution in [0.2, 0.25) is 0 Å². The summed E-state index contributed by atoms with van der Waals surface area (Å²) in [4.78, 5) is 0. The highest BCUT2D eigenvalue weighted by atomic mass is 16.3. The molecule has 1 atom stereocenters. The molecule has 32 valence electrons. The summed E-state index contributed by atoms with van der Waals surface area (Å²) in [5.74, 6) is 0. The lowest BCUT2D eigenvalue weighted by Gasteiger charge is -1.90. The second kappa shape index (κ2) is 2.21. The Morgan fingerprint density at radius 2 is 3.00 bits per heavy atom. The van der Waals surface area contributed by atoms with Crippen molar-refractivity contribution in [2.75, 3.05) is 0 Å². The Balaban J connectivity index is 3.62. The number of rotatable bonds is 2. The quantitative estimate of drug-likeness (QED) is 0.519. The molecule has 0 aromatic carbocycles. The number of aliphatic hydroxyl groups is 1. The molecule has 0 rings (SSSR count). The van der Waals surface area contributed by atoms with Crippen LogP contribution in [-0.4, -0.2) is 12.6 Å². The molecule has 0 aliphatic rings. The van der Waals surface area contributed by atoms with Crippen molar-refractivity contribution in [2.24, 2.45) is 0 Å². The number of hydrogen-bond acceptors (Lipinski definition) is 1. The maximum atomic E-state index is 6.96. The molecule has 0 aromatic heterocycles. The van der Waals surface area contributed by atoms with E-state index in [9.17, 15) is 0 Å². The lowest BCUT2D eigenvalue weighted by molar-refractivity contribution is 0.191. The minimum Gasteiger partial charge on any atom is -0.393 e. The molecule has 0 saturated heterocycles. The van der Waals surface area contributed by atoms with E-state index in [1.165, 1.54) is 13.8 Å². The molecule has 0 aromatic rings. The number of hydrogen-bond donors (Lipinski definition) is 1. The Morgan fingerprint density at radius 1 is 2.40 bits per heavy atom. The van der Waals surface area contributed by atoms with E-state index in [1.807, 2.05) is 0 Å². The Morgan fingerprint density at radius 3 is 3.00 bits per heavy atom. The van der Waals surface area contributed by atoms with Gasteiger partial charge in [0.15, 0.2) is 0 Å². The van der Waals surface area contributed by atoms with Gasteiger partial charge < -0.3 is 5.11 Å². The van der Waals surface area contributed by atoms with Crippen LogP contribution in [0.3, 0.4) is 0 Å². The number of aliphatic hydroxyl groups excluding tert-OH is 1. The molecule has 0 radical (unpaired) electrons. The first-order valence-corrected chi connectivity index (χ1v) is 1.60. The van der Waals surface area contributed by atoms with Gasteiger partial charge in [-0.3, -0.25) is 0 Å². The van der Waals surface area contributed by atoms with Gasteiger partial charge in [-0.2, -0.15) is 0 Å². The van der Waals surface area contributed by atoms with E-state index in [4.69, 9.17) is 4.17 Å². The van der Waals surface area contributed by atoms with Crippen molar-refractivity contribution in [1.82, 2.24) is 0 Å². The van der Waals surface area contributed by atoms with Crippen molar-refractivity contribution >= 4 is 0 Å². The summed E-state index contributed by atoms with van der Waals surface area (Å²) in [5.41, 5.74) is 0. The molecular weight excluding hydrogens is 64.0 g/mol. The zero-order chi connectivity index (χ0) is 6.78. The van der Waals surface area contributed by atoms with E-state index in [2.05, 4.69) is 5.11 Å². The second-order valence-corrected chi connectivity index (χ2v) is 0.931. The largest absolute Gasteiger partial charge is 0.393 e. The lowest BCUT2D eigenvalue weighted by Crippen LogP contribution is -1.93. The van der Waals surface area contributed by atoms with Gasteiger partial charge >= 0.3 is 0 Å². The van der Waals surface area contributed by atoms with E-state index in [0.717, 1.165) is 0 Å². The maximum absolute atomic E-state index is 6.96. The average molecular weight is 80.1 g/mol. The normalized spacial score (nSPS) is 26.4. The molecule has 0 fully saturated rings. The van der Waals surface area contributed by atoms with Crippen molar-refractivity contribution in [3.63, 3.8) is 0 Å². The molecule has 5 heavy (non-hydrogen) atoms. The summed E-state index contributed by atoms with van der Waals surface area (Å²) in [6, 6.07) is 0. The van der Waals surface area contributed by atoms with Crippen molar-refractivity contribution in [3.8, 4) is 0 Å². The van der Waals surface area contributed by atoms with Gasteiger partial charge in [-0.25, -0.2) is 0 Å². The van der Waals surface area contributed by atoms with Crippen LogP contribution >= 0.6 is 0 Å². The van der Waals surface area contributed by atoms with Gasteiger partial charge in [-0.15, -0.1) is 0 Å². The molecule has 0 aliphatic heterocycles. The van der Waals surface area contributed by atoms with Gasteiger partial charge in [0.05, 0.1) is 6.10 Å². The molecule has 0 bridgehead atoms. The molecule has 0 amide bonds. The molecular formula is C4H10O.